The van der Waals surface area contributed by atoms with Crippen LogP contribution < -0.4 is 11.3 Å². The molecular weight excluding hydrogens is 144 g/mol. The summed E-state index contributed by atoms with van der Waals surface area (Å²) in [7, 11) is 0. The van der Waals surface area contributed by atoms with Crippen LogP contribution in [-0.2, 0) is 0 Å². The number of nitrogens with two attached hydrogens (primary N) is 1. The lowest BCUT2D eigenvalue weighted by Gasteiger charge is -1.98. The maximum absolute atomic E-state index is 5.17. The molecule has 56 valence electrons. The van der Waals surface area contributed by atoms with E-state index in [-0.39, 0.29) is 0 Å². The number of nitrogen functional groups attached to an aromatic ring is 1. The normalized spacial score (nSPS) is 10.3. The van der Waals surface area contributed by atoms with Crippen molar-refractivity contribution in [1.29, 1.82) is 0 Å². The van der Waals surface area contributed by atoms with Gasteiger partial charge in [-0.15, -0.1) is 0 Å². The van der Waals surface area contributed by atoms with Crippen LogP contribution in [-0.4, -0.2) is 19.6 Å². The zero-order chi connectivity index (χ0) is 7.68. The van der Waals surface area contributed by atoms with Crippen LogP contribution in [0.4, 0.5) is 5.95 Å². The molecule has 0 atom stereocenters. The van der Waals surface area contributed by atoms with E-state index in [1.807, 2.05) is 0 Å². The Labute approximate surface area is 62.0 Å². The molecule has 6 heteroatoms. The number of aromatic nitrogens is 4. The Morgan fingerprint density at radius 1 is 1.45 bits per heavy atom. The second kappa shape index (κ2) is 2.17. The summed E-state index contributed by atoms with van der Waals surface area (Å²) in [6.45, 7) is 0. The maximum atomic E-state index is 5.17. The Kier molecular flexibility index (Phi) is 1.19. The number of anilines is 1. The van der Waals surface area contributed by atoms with Gasteiger partial charge in [0.05, 0.1) is 6.20 Å². The molecule has 0 amide bonds. The van der Waals surface area contributed by atoms with Crippen molar-refractivity contribution in [2.45, 2.75) is 0 Å². The van der Waals surface area contributed by atoms with Crippen LogP contribution in [0.2, 0.25) is 0 Å². The topological polar surface area (TPSA) is 81.1 Å². The van der Waals surface area contributed by atoms with E-state index in [9.17, 15) is 0 Å². The summed E-state index contributed by atoms with van der Waals surface area (Å²) in [5, 5.41) is 3.94. The maximum Gasteiger partial charge on any atom is 0.241 e. The van der Waals surface area contributed by atoms with Gasteiger partial charge in [0.2, 0.25) is 5.95 Å². The van der Waals surface area contributed by atoms with Gasteiger partial charge in [0.1, 0.15) is 6.33 Å². The molecule has 6 nitrogen and oxygen atoms in total. The third kappa shape index (κ3) is 0.802. The summed E-state index contributed by atoms with van der Waals surface area (Å²) in [6, 6.07) is 1.77. The number of nitrogens with zero attached hydrogens (tertiary/aromatic N) is 4. The summed E-state index contributed by atoms with van der Waals surface area (Å²) < 4.78 is 1.51. The molecule has 2 aromatic rings. The van der Waals surface area contributed by atoms with Gasteiger partial charge in [-0.1, -0.05) is 0 Å². The Bertz CT molecular complexity index is 366. The first-order valence-corrected chi connectivity index (χ1v) is 3.03. The fraction of sp³-hybridized carbons (Fsp3) is 0. The fourth-order valence-corrected chi connectivity index (χ4v) is 0.853. The van der Waals surface area contributed by atoms with E-state index in [1.54, 1.807) is 12.3 Å². The zero-order valence-electron chi connectivity index (χ0n) is 5.60. The highest BCUT2D eigenvalue weighted by Gasteiger charge is 1.98. The quantitative estimate of drug-likeness (QED) is 0.419. The number of nitrogens with one attached hydrogen (secondary N) is 1. The molecule has 0 fully saturated rings. The molecule has 0 unspecified atom stereocenters. The lowest BCUT2D eigenvalue weighted by molar-refractivity contribution is 0.891. The zero-order valence-corrected chi connectivity index (χ0v) is 5.60. The van der Waals surface area contributed by atoms with Crippen molar-refractivity contribution in [3.63, 3.8) is 0 Å². The molecule has 0 aliphatic rings. The molecule has 11 heavy (non-hydrogen) atoms. The molecule has 0 saturated heterocycles. The summed E-state index contributed by atoms with van der Waals surface area (Å²) >= 11 is 0. The van der Waals surface area contributed by atoms with E-state index >= 15 is 0 Å². The van der Waals surface area contributed by atoms with Crippen LogP contribution >= 0.6 is 0 Å². The number of hydrazine groups is 1. The van der Waals surface area contributed by atoms with E-state index in [1.165, 1.54) is 10.8 Å². The minimum absolute atomic E-state index is 0.472. The number of fused-ring (bicyclic) bond motifs is 1. The van der Waals surface area contributed by atoms with Crippen molar-refractivity contribution in [2.24, 2.45) is 5.84 Å². The average Bonchev–Trinajstić information content (AvgIpc) is 2.50. The third-order valence-corrected chi connectivity index (χ3v) is 1.32. The largest absolute Gasteiger partial charge is 0.292 e. The molecule has 0 aromatic carbocycles. The summed E-state index contributed by atoms with van der Waals surface area (Å²) in [5.41, 5.74) is 3.12. The molecule has 0 radical (unpaired) electrons. The minimum Gasteiger partial charge on any atom is -0.292 e. The molecule has 0 aliphatic carbocycles. The summed E-state index contributed by atoms with van der Waals surface area (Å²) in [6.07, 6.45) is 3.05. The number of hydrogen-bond acceptors (Lipinski definition) is 5. The predicted octanol–water partition coefficient (Wildman–Crippen LogP) is -0.590. The van der Waals surface area contributed by atoms with Gasteiger partial charge in [-0.3, -0.25) is 5.43 Å². The van der Waals surface area contributed by atoms with Crippen LogP contribution in [0.3, 0.4) is 0 Å². The van der Waals surface area contributed by atoms with Crippen molar-refractivity contribution in [1.82, 2.24) is 19.6 Å². The highest BCUT2D eigenvalue weighted by Crippen LogP contribution is 2.01. The standard InChI is InChI=1S/C5H6N6/c6-10-5-8-3-7-4-1-2-9-11(4)5/h1-3H,6H2,(H,7,8,10). The second-order valence-corrected chi connectivity index (χ2v) is 1.94. The van der Waals surface area contributed by atoms with Gasteiger partial charge in [0.25, 0.3) is 0 Å². The van der Waals surface area contributed by atoms with Crippen LogP contribution in [0.25, 0.3) is 5.65 Å². The van der Waals surface area contributed by atoms with Gasteiger partial charge in [-0.05, 0) is 0 Å². The molecular formula is C5H6N6. The van der Waals surface area contributed by atoms with E-state index in [0.717, 1.165) is 0 Å². The van der Waals surface area contributed by atoms with Crippen molar-refractivity contribution in [2.75, 3.05) is 5.43 Å². The van der Waals surface area contributed by atoms with Crippen LogP contribution in [0.1, 0.15) is 0 Å². The van der Waals surface area contributed by atoms with Crippen molar-refractivity contribution >= 4 is 11.6 Å². The first-order chi connectivity index (χ1) is 5.42. The molecule has 0 saturated carbocycles. The van der Waals surface area contributed by atoms with Gasteiger partial charge in [-0.25, -0.2) is 15.8 Å². The molecule has 0 spiro atoms. The van der Waals surface area contributed by atoms with Crippen LogP contribution in [0, 0.1) is 0 Å². The van der Waals surface area contributed by atoms with Crippen molar-refractivity contribution < 1.29 is 0 Å². The molecule has 2 rings (SSSR count). The number of rotatable bonds is 1. The van der Waals surface area contributed by atoms with Gasteiger partial charge in [-0.2, -0.15) is 9.61 Å². The van der Waals surface area contributed by atoms with Gasteiger partial charge in [0.15, 0.2) is 5.65 Å². The molecule has 0 aliphatic heterocycles. The first kappa shape index (κ1) is 6.05. The van der Waals surface area contributed by atoms with Crippen LogP contribution in [0.15, 0.2) is 18.6 Å². The van der Waals surface area contributed by atoms with E-state index in [0.29, 0.717) is 11.6 Å². The molecule has 2 heterocycles. The molecule has 0 bridgehead atoms. The predicted molar refractivity (Wildman–Crippen MR) is 38.6 cm³/mol. The Morgan fingerprint density at radius 2 is 2.36 bits per heavy atom. The second-order valence-electron chi connectivity index (χ2n) is 1.94. The highest BCUT2D eigenvalue weighted by atomic mass is 15.4. The lowest BCUT2D eigenvalue weighted by Crippen LogP contribution is -2.13. The summed E-state index contributed by atoms with van der Waals surface area (Å²) in [4.78, 5) is 7.79. The Hall–Kier alpha value is -1.69. The van der Waals surface area contributed by atoms with Gasteiger partial charge in [0, 0.05) is 6.07 Å². The van der Waals surface area contributed by atoms with E-state index in [2.05, 4.69) is 20.5 Å². The summed E-state index contributed by atoms with van der Waals surface area (Å²) in [5.74, 6) is 5.65. The fourth-order valence-electron chi connectivity index (χ4n) is 0.853. The average molecular weight is 150 g/mol. The Morgan fingerprint density at radius 3 is 3.18 bits per heavy atom. The minimum atomic E-state index is 0.472. The molecule has 3 N–H and O–H groups in total. The first-order valence-electron chi connectivity index (χ1n) is 3.03. The monoisotopic (exact) mass is 150 g/mol. The van der Waals surface area contributed by atoms with Crippen molar-refractivity contribution in [3.8, 4) is 0 Å². The van der Waals surface area contributed by atoms with Crippen LogP contribution in [0.5, 0.6) is 0 Å². The van der Waals surface area contributed by atoms with Gasteiger partial charge >= 0.3 is 0 Å². The molecule has 2 aromatic heterocycles. The third-order valence-electron chi connectivity index (χ3n) is 1.32. The lowest BCUT2D eigenvalue weighted by atomic mass is 10.7. The highest BCUT2D eigenvalue weighted by molar-refractivity contribution is 5.41. The van der Waals surface area contributed by atoms with E-state index < -0.39 is 0 Å². The van der Waals surface area contributed by atoms with E-state index in [4.69, 9.17) is 5.84 Å². The number of hydrogen-bond donors (Lipinski definition) is 2. The van der Waals surface area contributed by atoms with Crippen molar-refractivity contribution in [3.05, 3.63) is 18.6 Å². The SMILES string of the molecule is NNc1ncnc2ccnn12. The van der Waals surface area contributed by atoms with Gasteiger partial charge < -0.3 is 0 Å². The Balaban J connectivity index is 2.79. The smallest absolute Gasteiger partial charge is 0.241 e.